The molecule has 2 rings (SSSR count). The van der Waals surface area contributed by atoms with Crippen LogP contribution in [0.1, 0.15) is 11.6 Å². The Bertz CT molecular complexity index is 605. The summed E-state index contributed by atoms with van der Waals surface area (Å²) in [4.78, 5) is 2.03. The molecule has 22 heavy (non-hydrogen) atoms. The summed E-state index contributed by atoms with van der Waals surface area (Å²) in [5, 5.41) is 9.43. The van der Waals surface area contributed by atoms with Gasteiger partial charge in [0.15, 0.2) is 0 Å². The molecule has 0 aromatic heterocycles. The Morgan fingerprint density at radius 2 is 1.86 bits per heavy atom. The maximum absolute atomic E-state index is 12.1. The Morgan fingerprint density at radius 1 is 1.23 bits per heavy atom. The first kappa shape index (κ1) is 16.9. The Labute approximate surface area is 131 Å². The molecule has 1 heterocycles. The zero-order chi connectivity index (χ0) is 16.0. The third-order valence-corrected chi connectivity index (χ3v) is 5.65. The minimum absolute atomic E-state index is 0.00383. The molecule has 0 bridgehead atoms. The zero-order valence-corrected chi connectivity index (χ0v) is 13.5. The Kier molecular flexibility index (Phi) is 5.91. The van der Waals surface area contributed by atoms with Crippen molar-refractivity contribution in [3.05, 3.63) is 35.9 Å². The van der Waals surface area contributed by atoms with Crippen LogP contribution in [-0.4, -0.2) is 63.3 Å². The largest absolute Gasteiger partial charge is 0.384 e. The van der Waals surface area contributed by atoms with E-state index in [4.69, 9.17) is 4.74 Å². The lowest BCUT2D eigenvalue weighted by Crippen LogP contribution is -2.50. The molecule has 0 aliphatic carbocycles. The van der Waals surface area contributed by atoms with Crippen LogP contribution in [0.3, 0.4) is 0 Å². The van der Waals surface area contributed by atoms with Gasteiger partial charge in [0, 0.05) is 33.3 Å². The van der Waals surface area contributed by atoms with Crippen molar-refractivity contribution in [3.8, 4) is 6.07 Å². The molecule has 0 saturated carbocycles. The molecular formula is C15H21N3O3S. The Balaban J connectivity index is 1.98. The monoisotopic (exact) mass is 323 g/mol. The second-order valence-electron chi connectivity index (χ2n) is 5.19. The summed E-state index contributed by atoms with van der Waals surface area (Å²) in [6.07, 6.45) is 0. The van der Waals surface area contributed by atoms with Crippen molar-refractivity contribution in [2.24, 2.45) is 0 Å². The number of piperazine rings is 1. The fourth-order valence-electron chi connectivity index (χ4n) is 2.56. The second kappa shape index (κ2) is 7.70. The smallest absolute Gasteiger partial charge is 0.216 e. The lowest BCUT2D eigenvalue weighted by molar-refractivity contribution is 0.161. The molecule has 1 aromatic carbocycles. The summed E-state index contributed by atoms with van der Waals surface area (Å²) in [6, 6.07) is 11.6. The third-order valence-electron chi connectivity index (χ3n) is 3.81. The van der Waals surface area contributed by atoms with Gasteiger partial charge in [0.05, 0.1) is 18.4 Å². The maximum Gasteiger partial charge on any atom is 0.216 e. The van der Waals surface area contributed by atoms with E-state index < -0.39 is 10.0 Å². The standard InChI is InChI=1S/C15H21N3O3S/c1-21-11-12-22(19,20)18-9-7-17(8-10-18)15(13-16)14-5-3-2-4-6-14/h2-6,15H,7-12H2,1H3. The van der Waals surface area contributed by atoms with Crippen molar-refractivity contribution in [1.82, 2.24) is 9.21 Å². The average Bonchev–Trinajstić information content (AvgIpc) is 2.55. The van der Waals surface area contributed by atoms with Crippen molar-refractivity contribution in [3.63, 3.8) is 0 Å². The first-order valence-corrected chi connectivity index (χ1v) is 8.85. The molecule has 120 valence electrons. The SMILES string of the molecule is COCCS(=O)(=O)N1CCN(C(C#N)c2ccccc2)CC1. The molecule has 1 fully saturated rings. The van der Waals surface area contributed by atoms with Crippen LogP contribution in [0, 0.1) is 11.3 Å². The van der Waals surface area contributed by atoms with Gasteiger partial charge in [0.2, 0.25) is 10.0 Å². The number of hydrogen-bond donors (Lipinski definition) is 0. The van der Waals surface area contributed by atoms with Gasteiger partial charge in [-0.3, -0.25) is 4.90 Å². The highest BCUT2D eigenvalue weighted by Gasteiger charge is 2.30. The molecule has 0 radical (unpaired) electrons. The van der Waals surface area contributed by atoms with Crippen molar-refractivity contribution in [2.75, 3.05) is 45.6 Å². The van der Waals surface area contributed by atoms with Crippen molar-refractivity contribution in [1.29, 1.82) is 5.26 Å². The van der Waals surface area contributed by atoms with E-state index in [0.717, 1.165) is 5.56 Å². The van der Waals surface area contributed by atoms with Gasteiger partial charge in [-0.05, 0) is 5.56 Å². The van der Waals surface area contributed by atoms with E-state index in [1.165, 1.54) is 11.4 Å². The minimum Gasteiger partial charge on any atom is -0.384 e. The van der Waals surface area contributed by atoms with E-state index in [2.05, 4.69) is 6.07 Å². The number of methoxy groups -OCH3 is 1. The number of sulfonamides is 1. The first-order chi connectivity index (χ1) is 10.6. The van der Waals surface area contributed by atoms with Crippen LogP contribution < -0.4 is 0 Å². The fraction of sp³-hybridized carbons (Fsp3) is 0.533. The van der Waals surface area contributed by atoms with Crippen LogP contribution in [-0.2, 0) is 14.8 Å². The predicted octanol–water partition coefficient (Wildman–Crippen LogP) is 0.845. The van der Waals surface area contributed by atoms with Crippen LogP contribution >= 0.6 is 0 Å². The Hall–Kier alpha value is -1.46. The normalized spacial score (nSPS) is 18.7. The number of ether oxygens (including phenoxy) is 1. The summed E-state index contributed by atoms with van der Waals surface area (Å²) < 4.78 is 30.6. The number of benzene rings is 1. The molecule has 1 aliphatic heterocycles. The number of hydrogen-bond acceptors (Lipinski definition) is 5. The maximum atomic E-state index is 12.1. The second-order valence-corrected chi connectivity index (χ2v) is 7.27. The summed E-state index contributed by atoms with van der Waals surface area (Å²) in [6.45, 7) is 2.14. The van der Waals surface area contributed by atoms with Gasteiger partial charge in [-0.1, -0.05) is 30.3 Å². The van der Waals surface area contributed by atoms with E-state index in [1.807, 2.05) is 35.2 Å². The van der Waals surface area contributed by atoms with Crippen LogP contribution in [0.25, 0.3) is 0 Å². The quantitative estimate of drug-likeness (QED) is 0.776. The summed E-state index contributed by atoms with van der Waals surface area (Å²) in [5.74, 6) is 0.00383. The van der Waals surface area contributed by atoms with Crippen molar-refractivity contribution < 1.29 is 13.2 Å². The average molecular weight is 323 g/mol. The van der Waals surface area contributed by atoms with E-state index in [-0.39, 0.29) is 18.4 Å². The number of rotatable bonds is 6. The summed E-state index contributed by atoms with van der Waals surface area (Å²) in [7, 11) is -1.78. The van der Waals surface area contributed by atoms with E-state index in [1.54, 1.807) is 0 Å². The Morgan fingerprint density at radius 3 is 2.41 bits per heavy atom. The molecule has 1 atom stereocenters. The van der Waals surface area contributed by atoms with Crippen LogP contribution in [0.5, 0.6) is 0 Å². The van der Waals surface area contributed by atoms with E-state index >= 15 is 0 Å². The molecule has 0 amide bonds. The van der Waals surface area contributed by atoms with E-state index in [0.29, 0.717) is 26.2 Å². The summed E-state index contributed by atoms with van der Waals surface area (Å²) in [5.41, 5.74) is 0.945. The van der Waals surface area contributed by atoms with Crippen LogP contribution in [0.2, 0.25) is 0 Å². The fourth-order valence-corrected chi connectivity index (χ4v) is 3.92. The molecule has 1 aromatic rings. The number of nitrogens with zero attached hydrogens (tertiary/aromatic N) is 3. The highest BCUT2D eigenvalue weighted by molar-refractivity contribution is 7.89. The minimum atomic E-state index is -3.27. The highest BCUT2D eigenvalue weighted by Crippen LogP contribution is 2.22. The van der Waals surface area contributed by atoms with Gasteiger partial charge in [0.1, 0.15) is 6.04 Å². The molecule has 1 unspecified atom stereocenters. The zero-order valence-electron chi connectivity index (χ0n) is 12.7. The molecule has 0 spiro atoms. The van der Waals surface area contributed by atoms with Crippen molar-refractivity contribution >= 4 is 10.0 Å². The molecule has 7 heteroatoms. The van der Waals surface area contributed by atoms with Crippen LogP contribution in [0.15, 0.2) is 30.3 Å². The molecule has 0 N–H and O–H groups in total. The molecule has 1 saturated heterocycles. The van der Waals surface area contributed by atoms with Gasteiger partial charge < -0.3 is 4.74 Å². The summed E-state index contributed by atoms with van der Waals surface area (Å²) >= 11 is 0. The van der Waals surface area contributed by atoms with Gasteiger partial charge in [0.25, 0.3) is 0 Å². The first-order valence-electron chi connectivity index (χ1n) is 7.24. The van der Waals surface area contributed by atoms with Crippen molar-refractivity contribution in [2.45, 2.75) is 6.04 Å². The van der Waals surface area contributed by atoms with Gasteiger partial charge in [-0.2, -0.15) is 9.57 Å². The predicted molar refractivity (Wildman–Crippen MR) is 83.6 cm³/mol. The van der Waals surface area contributed by atoms with Gasteiger partial charge in [-0.15, -0.1) is 0 Å². The van der Waals surface area contributed by atoms with E-state index in [9.17, 15) is 13.7 Å². The number of nitriles is 1. The highest BCUT2D eigenvalue weighted by atomic mass is 32.2. The topological polar surface area (TPSA) is 73.6 Å². The molecular weight excluding hydrogens is 302 g/mol. The molecule has 6 nitrogen and oxygen atoms in total. The molecule has 1 aliphatic rings. The lowest BCUT2D eigenvalue weighted by Gasteiger charge is -2.36. The lowest BCUT2D eigenvalue weighted by atomic mass is 10.1. The van der Waals surface area contributed by atoms with Crippen LogP contribution in [0.4, 0.5) is 0 Å². The van der Waals surface area contributed by atoms with Gasteiger partial charge >= 0.3 is 0 Å². The van der Waals surface area contributed by atoms with Gasteiger partial charge in [-0.25, -0.2) is 8.42 Å². The third kappa shape index (κ3) is 4.05.